The van der Waals surface area contributed by atoms with Gasteiger partial charge in [0.15, 0.2) is 0 Å². The lowest BCUT2D eigenvalue weighted by Crippen LogP contribution is -2.45. The largest absolute Gasteiger partial charge is 0.329 e. The van der Waals surface area contributed by atoms with Crippen molar-refractivity contribution in [2.45, 2.75) is 25.7 Å². The molecule has 0 aliphatic heterocycles. The smallest absolute Gasteiger partial charge is 0.144 e. The van der Waals surface area contributed by atoms with Crippen LogP contribution in [0.3, 0.4) is 0 Å². The zero-order chi connectivity index (χ0) is 10.7. The zero-order valence-electron chi connectivity index (χ0n) is 8.78. The van der Waals surface area contributed by atoms with Gasteiger partial charge in [0.25, 0.3) is 0 Å². The van der Waals surface area contributed by atoms with Crippen LogP contribution in [-0.2, 0) is 11.2 Å². The summed E-state index contributed by atoms with van der Waals surface area (Å²) >= 11 is 0. The minimum absolute atomic E-state index is 0.212. The number of carbonyl (C=O) groups is 1. The van der Waals surface area contributed by atoms with E-state index in [1.807, 2.05) is 12.1 Å². The molecule has 0 atom stereocenters. The van der Waals surface area contributed by atoms with E-state index in [1.165, 1.54) is 0 Å². The summed E-state index contributed by atoms with van der Waals surface area (Å²) < 4.78 is 0. The summed E-state index contributed by atoms with van der Waals surface area (Å²) in [6, 6.07) is 3.80. The lowest BCUT2D eigenvalue weighted by atomic mass is 9.65. The van der Waals surface area contributed by atoms with E-state index < -0.39 is 0 Å². The van der Waals surface area contributed by atoms with E-state index in [0.717, 1.165) is 24.8 Å². The predicted molar refractivity (Wildman–Crippen MR) is 58.3 cm³/mol. The Kier molecular flexibility index (Phi) is 2.82. The van der Waals surface area contributed by atoms with Crippen molar-refractivity contribution in [2.24, 2.45) is 11.1 Å². The first-order valence-electron chi connectivity index (χ1n) is 5.39. The minimum atomic E-state index is -0.212. The molecular formula is C12H16N2O. The highest BCUT2D eigenvalue weighted by atomic mass is 16.1. The van der Waals surface area contributed by atoms with E-state index in [9.17, 15) is 4.79 Å². The van der Waals surface area contributed by atoms with Gasteiger partial charge in [-0.05, 0) is 24.5 Å². The number of aromatic nitrogens is 1. The van der Waals surface area contributed by atoms with Crippen LogP contribution in [0, 0.1) is 5.41 Å². The molecule has 2 rings (SSSR count). The Balaban J connectivity index is 2.04. The molecule has 1 heterocycles. The molecule has 3 nitrogen and oxygen atoms in total. The summed E-state index contributed by atoms with van der Waals surface area (Å²) in [6.07, 6.45) is 7.00. The molecule has 1 aromatic heterocycles. The van der Waals surface area contributed by atoms with Gasteiger partial charge >= 0.3 is 0 Å². The summed E-state index contributed by atoms with van der Waals surface area (Å²) in [5, 5.41) is 0. The Morgan fingerprint density at radius 3 is 2.80 bits per heavy atom. The van der Waals surface area contributed by atoms with E-state index in [2.05, 4.69) is 4.98 Å². The fraction of sp³-hybridized carbons (Fsp3) is 0.500. The van der Waals surface area contributed by atoms with Crippen molar-refractivity contribution in [1.29, 1.82) is 0 Å². The number of carbonyl (C=O) groups excluding carboxylic acids is 1. The van der Waals surface area contributed by atoms with E-state index in [4.69, 9.17) is 5.73 Å². The van der Waals surface area contributed by atoms with Crippen molar-refractivity contribution in [3.8, 4) is 0 Å². The Morgan fingerprint density at radius 2 is 2.33 bits per heavy atom. The van der Waals surface area contributed by atoms with Gasteiger partial charge in [-0.2, -0.15) is 0 Å². The molecule has 0 unspecified atom stereocenters. The third kappa shape index (κ3) is 1.92. The molecule has 80 valence electrons. The summed E-state index contributed by atoms with van der Waals surface area (Å²) in [4.78, 5) is 16.0. The average Bonchev–Trinajstić information content (AvgIpc) is 2.18. The van der Waals surface area contributed by atoms with Crippen molar-refractivity contribution in [3.63, 3.8) is 0 Å². The van der Waals surface area contributed by atoms with E-state index in [-0.39, 0.29) is 11.2 Å². The first-order valence-corrected chi connectivity index (χ1v) is 5.39. The van der Waals surface area contributed by atoms with E-state index in [1.54, 1.807) is 12.4 Å². The molecule has 3 heteroatoms. The summed E-state index contributed by atoms with van der Waals surface area (Å²) in [6.45, 7) is 0.492. The molecule has 1 fully saturated rings. The van der Waals surface area contributed by atoms with Gasteiger partial charge in [-0.15, -0.1) is 0 Å². The first-order chi connectivity index (χ1) is 7.27. The van der Waals surface area contributed by atoms with Gasteiger partial charge in [-0.3, -0.25) is 9.78 Å². The summed E-state index contributed by atoms with van der Waals surface area (Å²) in [5.74, 6) is 0.282. The topological polar surface area (TPSA) is 56.0 Å². The van der Waals surface area contributed by atoms with E-state index in [0.29, 0.717) is 13.0 Å². The number of hydrogen-bond acceptors (Lipinski definition) is 3. The molecule has 1 aliphatic carbocycles. The van der Waals surface area contributed by atoms with E-state index >= 15 is 0 Å². The Morgan fingerprint density at radius 1 is 1.53 bits per heavy atom. The highest BCUT2D eigenvalue weighted by Gasteiger charge is 2.41. The fourth-order valence-corrected chi connectivity index (χ4v) is 2.08. The Labute approximate surface area is 89.7 Å². The van der Waals surface area contributed by atoms with Gasteiger partial charge in [0, 0.05) is 30.8 Å². The molecule has 0 saturated heterocycles. The molecule has 0 spiro atoms. The zero-order valence-corrected chi connectivity index (χ0v) is 8.78. The molecule has 1 aromatic rings. The predicted octanol–water partition coefficient (Wildman–Crippen LogP) is 1.32. The SMILES string of the molecule is NCC1(C(=O)Cc2cccnc2)CCC1. The fourth-order valence-electron chi connectivity index (χ4n) is 2.08. The van der Waals surface area contributed by atoms with Crippen molar-refractivity contribution in [2.75, 3.05) is 6.54 Å². The number of hydrogen-bond donors (Lipinski definition) is 1. The first kappa shape index (κ1) is 10.3. The summed E-state index contributed by atoms with van der Waals surface area (Å²) in [7, 11) is 0. The van der Waals surface area contributed by atoms with Crippen molar-refractivity contribution in [3.05, 3.63) is 30.1 Å². The van der Waals surface area contributed by atoms with Gasteiger partial charge in [0.2, 0.25) is 0 Å². The van der Waals surface area contributed by atoms with Crippen LogP contribution < -0.4 is 5.73 Å². The van der Waals surface area contributed by atoms with Crippen LogP contribution in [-0.4, -0.2) is 17.3 Å². The van der Waals surface area contributed by atoms with Crippen LogP contribution in [0.5, 0.6) is 0 Å². The average molecular weight is 204 g/mol. The lowest BCUT2D eigenvalue weighted by Gasteiger charge is -2.39. The second-order valence-corrected chi connectivity index (χ2v) is 4.30. The van der Waals surface area contributed by atoms with Gasteiger partial charge in [0.05, 0.1) is 0 Å². The monoisotopic (exact) mass is 204 g/mol. The standard InChI is InChI=1S/C12H16N2O/c13-9-12(4-2-5-12)11(15)7-10-3-1-6-14-8-10/h1,3,6,8H,2,4-5,7,9,13H2. The van der Waals surface area contributed by atoms with Gasteiger partial charge in [0.1, 0.15) is 5.78 Å². The van der Waals surface area contributed by atoms with Crippen LogP contribution in [0.15, 0.2) is 24.5 Å². The number of Topliss-reactive ketones (excluding diaryl/α,β-unsaturated/α-hetero) is 1. The third-order valence-electron chi connectivity index (χ3n) is 3.38. The molecule has 2 N–H and O–H groups in total. The van der Waals surface area contributed by atoms with Crippen LogP contribution >= 0.6 is 0 Å². The summed E-state index contributed by atoms with van der Waals surface area (Å²) in [5.41, 5.74) is 6.46. The second kappa shape index (κ2) is 4.11. The van der Waals surface area contributed by atoms with Crippen LogP contribution in [0.2, 0.25) is 0 Å². The number of rotatable bonds is 4. The number of pyridine rings is 1. The molecular weight excluding hydrogens is 188 g/mol. The molecule has 0 radical (unpaired) electrons. The lowest BCUT2D eigenvalue weighted by molar-refractivity contribution is -0.132. The van der Waals surface area contributed by atoms with Gasteiger partial charge in [-0.1, -0.05) is 12.5 Å². The van der Waals surface area contributed by atoms with Crippen LogP contribution in [0.1, 0.15) is 24.8 Å². The van der Waals surface area contributed by atoms with Crippen LogP contribution in [0.25, 0.3) is 0 Å². The van der Waals surface area contributed by atoms with Crippen molar-refractivity contribution < 1.29 is 4.79 Å². The number of ketones is 1. The molecule has 1 aliphatic rings. The molecule has 0 bridgehead atoms. The molecule has 1 saturated carbocycles. The number of nitrogens with two attached hydrogens (primary N) is 1. The second-order valence-electron chi connectivity index (χ2n) is 4.30. The van der Waals surface area contributed by atoms with Gasteiger partial charge < -0.3 is 5.73 Å². The number of nitrogens with zero attached hydrogens (tertiary/aromatic N) is 1. The normalized spacial score (nSPS) is 18.2. The minimum Gasteiger partial charge on any atom is -0.329 e. The van der Waals surface area contributed by atoms with Crippen molar-refractivity contribution in [1.82, 2.24) is 4.98 Å². The molecule has 15 heavy (non-hydrogen) atoms. The maximum absolute atomic E-state index is 12.0. The quantitative estimate of drug-likeness (QED) is 0.804. The third-order valence-corrected chi connectivity index (χ3v) is 3.38. The van der Waals surface area contributed by atoms with Crippen molar-refractivity contribution >= 4 is 5.78 Å². The highest BCUT2D eigenvalue weighted by molar-refractivity contribution is 5.87. The van der Waals surface area contributed by atoms with Gasteiger partial charge in [-0.25, -0.2) is 0 Å². The molecule has 0 amide bonds. The Bertz CT molecular complexity index is 338. The Hall–Kier alpha value is -1.22. The molecule has 0 aromatic carbocycles. The maximum Gasteiger partial charge on any atom is 0.144 e. The highest BCUT2D eigenvalue weighted by Crippen LogP contribution is 2.41. The maximum atomic E-state index is 12.0. The van der Waals surface area contributed by atoms with Crippen LogP contribution in [0.4, 0.5) is 0 Å².